The third kappa shape index (κ3) is 3.22. The standard InChI is InChI=1S/C19H16F4N2O3/c20-16(21)18(22,23)19(28)13(15(26)12-9-5-2-6-10-12)14(24-17(27)25-19)11-7-3-1-4-8-11/h1-10,13-14,16,28H,(H2,24,25,27)/t13-,14-,19-/m1/s1. The summed E-state index contributed by atoms with van der Waals surface area (Å²) in [6.45, 7) is 0. The van der Waals surface area contributed by atoms with Crippen LogP contribution in [0.1, 0.15) is 22.0 Å². The van der Waals surface area contributed by atoms with E-state index in [1.807, 2.05) is 0 Å². The maximum absolute atomic E-state index is 14.4. The van der Waals surface area contributed by atoms with Gasteiger partial charge in [0.05, 0.1) is 6.04 Å². The monoisotopic (exact) mass is 396 g/mol. The van der Waals surface area contributed by atoms with Crippen molar-refractivity contribution in [2.24, 2.45) is 5.92 Å². The van der Waals surface area contributed by atoms with Crippen LogP contribution in [-0.4, -0.2) is 35.0 Å². The zero-order valence-electron chi connectivity index (χ0n) is 14.3. The van der Waals surface area contributed by atoms with Crippen LogP contribution in [0.3, 0.4) is 0 Å². The van der Waals surface area contributed by atoms with Gasteiger partial charge in [-0.25, -0.2) is 13.6 Å². The first-order chi connectivity index (χ1) is 13.2. The van der Waals surface area contributed by atoms with Crippen LogP contribution in [-0.2, 0) is 0 Å². The minimum absolute atomic E-state index is 0.0742. The second kappa shape index (κ2) is 7.23. The van der Waals surface area contributed by atoms with Gasteiger partial charge >= 0.3 is 18.4 Å². The molecule has 5 nitrogen and oxygen atoms in total. The third-order valence-electron chi connectivity index (χ3n) is 4.66. The molecule has 2 aromatic rings. The number of rotatable bonds is 5. The molecule has 0 aliphatic carbocycles. The molecule has 2 amide bonds. The van der Waals surface area contributed by atoms with Crippen molar-refractivity contribution in [2.45, 2.75) is 24.1 Å². The van der Waals surface area contributed by atoms with Gasteiger partial charge in [0.1, 0.15) is 5.92 Å². The summed E-state index contributed by atoms with van der Waals surface area (Å²) in [7, 11) is 0. The average Bonchev–Trinajstić information content (AvgIpc) is 2.68. The molecular weight excluding hydrogens is 380 g/mol. The van der Waals surface area contributed by atoms with Gasteiger partial charge in [0.15, 0.2) is 5.78 Å². The van der Waals surface area contributed by atoms with E-state index in [9.17, 15) is 32.3 Å². The molecular formula is C19H16F4N2O3. The van der Waals surface area contributed by atoms with Crippen LogP contribution in [0.15, 0.2) is 60.7 Å². The van der Waals surface area contributed by atoms with Crippen molar-refractivity contribution in [2.75, 3.05) is 0 Å². The molecule has 0 spiro atoms. The summed E-state index contributed by atoms with van der Waals surface area (Å²) in [5, 5.41) is 14.4. The van der Waals surface area contributed by atoms with Gasteiger partial charge in [0.25, 0.3) is 0 Å². The summed E-state index contributed by atoms with van der Waals surface area (Å²) in [6, 6.07) is 11.9. The van der Waals surface area contributed by atoms with Gasteiger partial charge in [-0.3, -0.25) is 4.79 Å². The Morgan fingerprint density at radius 2 is 1.57 bits per heavy atom. The van der Waals surface area contributed by atoms with E-state index >= 15 is 0 Å². The number of amides is 2. The van der Waals surface area contributed by atoms with Gasteiger partial charge < -0.3 is 15.7 Å². The fourth-order valence-electron chi connectivity index (χ4n) is 3.27. The zero-order valence-corrected chi connectivity index (χ0v) is 14.3. The molecule has 0 saturated carbocycles. The summed E-state index contributed by atoms with van der Waals surface area (Å²) >= 11 is 0. The van der Waals surface area contributed by atoms with Crippen molar-refractivity contribution in [1.82, 2.24) is 10.6 Å². The zero-order chi connectivity index (χ0) is 20.5. The number of ketones is 1. The van der Waals surface area contributed by atoms with Crippen LogP contribution in [0.5, 0.6) is 0 Å². The number of nitrogens with one attached hydrogen (secondary N) is 2. The Balaban J connectivity index is 2.19. The molecule has 1 heterocycles. The number of benzene rings is 2. The topological polar surface area (TPSA) is 78.4 Å². The predicted molar refractivity (Wildman–Crippen MR) is 91.0 cm³/mol. The van der Waals surface area contributed by atoms with Gasteiger partial charge in [-0.2, -0.15) is 8.78 Å². The minimum atomic E-state index is -5.09. The summed E-state index contributed by atoms with van der Waals surface area (Å²) in [5.74, 6) is -8.24. The first kappa shape index (κ1) is 19.8. The molecule has 148 valence electrons. The number of aliphatic hydroxyl groups is 1. The highest BCUT2D eigenvalue weighted by molar-refractivity contribution is 6.00. The smallest absolute Gasteiger partial charge is 0.354 e. The Hall–Kier alpha value is -2.94. The number of Topliss-reactive ketones (excluding diaryl/α,β-unsaturated/α-hetero) is 1. The Morgan fingerprint density at radius 1 is 1.04 bits per heavy atom. The molecule has 1 aliphatic rings. The Bertz CT molecular complexity index is 864. The van der Waals surface area contributed by atoms with Crippen LogP contribution < -0.4 is 10.6 Å². The molecule has 1 fully saturated rings. The average molecular weight is 396 g/mol. The molecule has 28 heavy (non-hydrogen) atoms. The summed E-state index contributed by atoms with van der Waals surface area (Å²) < 4.78 is 55.1. The van der Waals surface area contributed by atoms with Gasteiger partial charge in [0, 0.05) is 5.56 Å². The van der Waals surface area contributed by atoms with E-state index in [1.54, 1.807) is 12.1 Å². The molecule has 1 saturated heterocycles. The van der Waals surface area contributed by atoms with Crippen molar-refractivity contribution in [3.8, 4) is 0 Å². The lowest BCUT2D eigenvalue weighted by atomic mass is 9.75. The number of carbonyl (C=O) groups is 2. The Labute approximate surface area is 157 Å². The van der Waals surface area contributed by atoms with Crippen molar-refractivity contribution < 1.29 is 32.3 Å². The number of urea groups is 1. The molecule has 1 aliphatic heterocycles. The van der Waals surface area contributed by atoms with E-state index in [2.05, 4.69) is 5.32 Å². The Kier molecular flexibility index (Phi) is 5.12. The van der Waals surface area contributed by atoms with E-state index in [4.69, 9.17) is 0 Å². The quantitative estimate of drug-likeness (QED) is 0.537. The van der Waals surface area contributed by atoms with E-state index in [1.165, 1.54) is 53.8 Å². The van der Waals surface area contributed by atoms with E-state index < -0.39 is 41.8 Å². The van der Waals surface area contributed by atoms with Gasteiger partial charge in [-0.1, -0.05) is 60.7 Å². The fraction of sp³-hybridized carbons (Fsp3) is 0.263. The molecule has 3 rings (SSSR count). The third-order valence-corrected chi connectivity index (χ3v) is 4.66. The second-order valence-electron chi connectivity index (χ2n) is 6.38. The lowest BCUT2D eigenvalue weighted by Crippen LogP contribution is -2.75. The first-order valence-electron chi connectivity index (χ1n) is 8.29. The van der Waals surface area contributed by atoms with Crippen molar-refractivity contribution in [1.29, 1.82) is 0 Å². The summed E-state index contributed by atoms with van der Waals surface area (Å²) in [5.41, 5.74) is -3.68. The molecule has 0 radical (unpaired) electrons. The number of alkyl halides is 4. The number of halogens is 4. The highest BCUT2D eigenvalue weighted by atomic mass is 19.3. The van der Waals surface area contributed by atoms with E-state index in [0.29, 0.717) is 0 Å². The van der Waals surface area contributed by atoms with Crippen molar-refractivity contribution in [3.63, 3.8) is 0 Å². The first-order valence-corrected chi connectivity index (χ1v) is 8.29. The van der Waals surface area contributed by atoms with Gasteiger partial charge in [0.2, 0.25) is 5.72 Å². The fourth-order valence-corrected chi connectivity index (χ4v) is 3.27. The van der Waals surface area contributed by atoms with Gasteiger partial charge in [-0.15, -0.1) is 0 Å². The Morgan fingerprint density at radius 3 is 2.11 bits per heavy atom. The van der Waals surface area contributed by atoms with Crippen LogP contribution in [0, 0.1) is 5.92 Å². The lowest BCUT2D eigenvalue weighted by Gasteiger charge is -2.47. The van der Waals surface area contributed by atoms with Crippen LogP contribution in [0.25, 0.3) is 0 Å². The van der Waals surface area contributed by atoms with E-state index in [-0.39, 0.29) is 11.1 Å². The van der Waals surface area contributed by atoms with Crippen molar-refractivity contribution in [3.05, 3.63) is 71.8 Å². The normalized spacial score (nSPS) is 25.1. The molecule has 0 aromatic heterocycles. The molecule has 0 bridgehead atoms. The van der Waals surface area contributed by atoms with Crippen LogP contribution in [0.4, 0.5) is 22.4 Å². The molecule has 2 aromatic carbocycles. The highest BCUT2D eigenvalue weighted by Crippen LogP contribution is 2.45. The maximum Gasteiger partial charge on any atom is 0.354 e. The number of hydrogen-bond acceptors (Lipinski definition) is 3. The molecule has 9 heteroatoms. The lowest BCUT2D eigenvalue weighted by molar-refractivity contribution is -0.269. The highest BCUT2D eigenvalue weighted by Gasteiger charge is 2.69. The van der Waals surface area contributed by atoms with Gasteiger partial charge in [-0.05, 0) is 5.56 Å². The number of hydrogen-bond donors (Lipinski definition) is 3. The SMILES string of the molecule is O=C1N[C@H](c2ccccc2)[C@H](C(=O)c2ccccc2)[C@@](O)(C(F)(F)C(F)F)N1. The minimum Gasteiger partial charge on any atom is -0.365 e. The summed E-state index contributed by atoms with van der Waals surface area (Å²) in [4.78, 5) is 25.0. The van der Waals surface area contributed by atoms with Crippen LogP contribution in [0.2, 0.25) is 0 Å². The predicted octanol–water partition coefficient (Wildman–Crippen LogP) is 3.13. The molecule has 3 atom stereocenters. The summed E-state index contributed by atoms with van der Waals surface area (Å²) in [6.07, 6.45) is -4.32. The second-order valence-corrected chi connectivity index (χ2v) is 6.38. The largest absolute Gasteiger partial charge is 0.365 e. The van der Waals surface area contributed by atoms with Crippen LogP contribution >= 0.6 is 0 Å². The molecule has 3 N–H and O–H groups in total. The van der Waals surface area contributed by atoms with E-state index in [0.717, 1.165) is 0 Å². The molecule has 0 unspecified atom stereocenters. The maximum atomic E-state index is 14.4. The number of carbonyl (C=O) groups excluding carboxylic acids is 2. The van der Waals surface area contributed by atoms with Crippen molar-refractivity contribution >= 4 is 11.8 Å².